The molecule has 0 spiro atoms. The molecule has 3 amide bonds. The zero-order valence-electron chi connectivity index (χ0n) is 19.3. The Kier molecular flexibility index (Phi) is 7.91. The number of nitrogens with zero attached hydrogens (tertiary/aromatic N) is 1. The SMILES string of the molecule is O=C(O)c1ccc(CNC(=O)c2ccc(CNC3=C(Cl)C(=O)N(Cc4ccc(Cl)cc4)C3=O)cc2)cc1. The summed E-state index contributed by atoms with van der Waals surface area (Å²) in [7, 11) is 0. The van der Waals surface area contributed by atoms with Crippen LogP contribution in [0.4, 0.5) is 0 Å². The van der Waals surface area contributed by atoms with E-state index in [0.717, 1.165) is 21.6 Å². The summed E-state index contributed by atoms with van der Waals surface area (Å²) in [6.07, 6.45) is 0. The van der Waals surface area contributed by atoms with Crippen molar-refractivity contribution in [3.63, 3.8) is 0 Å². The topological polar surface area (TPSA) is 116 Å². The maximum absolute atomic E-state index is 12.8. The monoisotopic (exact) mass is 537 g/mol. The van der Waals surface area contributed by atoms with Crippen LogP contribution in [-0.2, 0) is 29.2 Å². The number of nitrogens with one attached hydrogen (secondary N) is 2. The molecule has 3 N–H and O–H groups in total. The van der Waals surface area contributed by atoms with Crippen molar-refractivity contribution in [2.75, 3.05) is 0 Å². The van der Waals surface area contributed by atoms with Gasteiger partial charge in [0.05, 0.1) is 12.1 Å². The van der Waals surface area contributed by atoms with Crippen molar-refractivity contribution in [3.05, 3.63) is 116 Å². The lowest BCUT2D eigenvalue weighted by Gasteiger charge is -2.15. The summed E-state index contributed by atoms with van der Waals surface area (Å²) < 4.78 is 0. The third-order valence-corrected chi connectivity index (χ3v) is 6.31. The van der Waals surface area contributed by atoms with E-state index in [2.05, 4.69) is 10.6 Å². The minimum absolute atomic E-state index is 0.0244. The summed E-state index contributed by atoms with van der Waals surface area (Å²) in [6.45, 7) is 0.540. The van der Waals surface area contributed by atoms with Crippen molar-refractivity contribution in [3.8, 4) is 0 Å². The number of hydrogen-bond acceptors (Lipinski definition) is 5. The molecular weight excluding hydrogens is 517 g/mol. The van der Waals surface area contributed by atoms with Gasteiger partial charge in [0.25, 0.3) is 17.7 Å². The van der Waals surface area contributed by atoms with Crippen molar-refractivity contribution in [2.24, 2.45) is 0 Å². The van der Waals surface area contributed by atoms with Crippen molar-refractivity contribution in [2.45, 2.75) is 19.6 Å². The van der Waals surface area contributed by atoms with Crippen LogP contribution < -0.4 is 10.6 Å². The van der Waals surface area contributed by atoms with E-state index < -0.39 is 17.8 Å². The number of rotatable bonds is 9. The zero-order valence-corrected chi connectivity index (χ0v) is 20.8. The van der Waals surface area contributed by atoms with Gasteiger partial charge in [0, 0.05) is 23.7 Å². The van der Waals surface area contributed by atoms with Gasteiger partial charge >= 0.3 is 5.97 Å². The summed E-state index contributed by atoms with van der Waals surface area (Å²) in [4.78, 5) is 49.8. The summed E-state index contributed by atoms with van der Waals surface area (Å²) >= 11 is 12.0. The third kappa shape index (κ3) is 6.17. The van der Waals surface area contributed by atoms with Gasteiger partial charge in [-0.2, -0.15) is 0 Å². The van der Waals surface area contributed by atoms with Gasteiger partial charge in [0.1, 0.15) is 10.7 Å². The van der Waals surface area contributed by atoms with Gasteiger partial charge in [-0.05, 0) is 53.1 Å². The van der Waals surface area contributed by atoms with Crippen molar-refractivity contribution >= 4 is 46.9 Å². The summed E-state index contributed by atoms with van der Waals surface area (Å²) in [5.41, 5.74) is 2.91. The number of benzene rings is 3. The number of carbonyl (C=O) groups excluding carboxylic acids is 3. The second-order valence-electron chi connectivity index (χ2n) is 8.25. The normalized spacial score (nSPS) is 13.2. The lowest BCUT2D eigenvalue weighted by molar-refractivity contribution is -0.138. The van der Waals surface area contributed by atoms with E-state index in [1.807, 2.05) is 0 Å². The molecule has 0 fully saturated rings. The van der Waals surface area contributed by atoms with Crippen LogP contribution in [0.1, 0.15) is 37.4 Å². The first kappa shape index (κ1) is 25.9. The van der Waals surface area contributed by atoms with Gasteiger partial charge < -0.3 is 15.7 Å². The minimum Gasteiger partial charge on any atom is -0.478 e. The van der Waals surface area contributed by atoms with E-state index >= 15 is 0 Å². The Hall–Kier alpha value is -4.14. The van der Waals surface area contributed by atoms with E-state index in [0.29, 0.717) is 10.6 Å². The van der Waals surface area contributed by atoms with Gasteiger partial charge in [-0.25, -0.2) is 4.79 Å². The van der Waals surface area contributed by atoms with E-state index in [1.165, 1.54) is 12.1 Å². The van der Waals surface area contributed by atoms with Crippen LogP contribution in [0.15, 0.2) is 83.5 Å². The van der Waals surface area contributed by atoms with Gasteiger partial charge in [-0.1, -0.05) is 59.6 Å². The fraction of sp³-hybridized carbons (Fsp3) is 0.111. The molecule has 0 aliphatic carbocycles. The highest BCUT2D eigenvalue weighted by atomic mass is 35.5. The van der Waals surface area contributed by atoms with Crippen LogP contribution in [0.25, 0.3) is 0 Å². The van der Waals surface area contributed by atoms with E-state index in [1.54, 1.807) is 60.7 Å². The molecule has 1 aliphatic heterocycles. The molecule has 3 aromatic carbocycles. The smallest absolute Gasteiger partial charge is 0.335 e. The quantitative estimate of drug-likeness (QED) is 0.354. The van der Waals surface area contributed by atoms with Crippen LogP contribution in [0, 0.1) is 0 Å². The van der Waals surface area contributed by atoms with Crippen LogP contribution in [0.5, 0.6) is 0 Å². The molecule has 10 heteroatoms. The maximum atomic E-state index is 12.8. The standard InChI is InChI=1S/C27H21Cl2N3O5/c28-21-11-5-18(6-12-21)15-32-25(34)22(29)23(26(32)35)30-13-16-1-7-19(8-2-16)24(33)31-14-17-3-9-20(10-4-17)27(36)37/h1-12,30H,13-15H2,(H,31,33)(H,36,37). The number of aromatic carboxylic acids is 1. The number of halogens is 2. The summed E-state index contributed by atoms with van der Waals surface area (Å²) in [5.74, 6) is -2.39. The number of carboxylic acids is 1. The lowest BCUT2D eigenvalue weighted by atomic mass is 10.1. The number of carbonyl (C=O) groups is 4. The largest absolute Gasteiger partial charge is 0.478 e. The number of amides is 3. The fourth-order valence-electron chi connectivity index (χ4n) is 3.63. The number of imide groups is 1. The summed E-state index contributed by atoms with van der Waals surface area (Å²) in [5, 5.41) is 15.0. The molecule has 1 aliphatic rings. The van der Waals surface area contributed by atoms with Gasteiger partial charge in [0.15, 0.2) is 0 Å². The average Bonchev–Trinajstić information content (AvgIpc) is 3.10. The molecule has 0 unspecified atom stereocenters. The molecule has 4 rings (SSSR count). The Morgan fingerprint density at radius 2 is 1.27 bits per heavy atom. The van der Waals surface area contributed by atoms with E-state index in [-0.39, 0.29) is 41.8 Å². The highest BCUT2D eigenvalue weighted by molar-refractivity contribution is 6.47. The minimum atomic E-state index is -1.01. The van der Waals surface area contributed by atoms with E-state index in [9.17, 15) is 19.2 Å². The molecule has 3 aromatic rings. The molecule has 0 aromatic heterocycles. The first-order valence-corrected chi connectivity index (χ1v) is 11.9. The third-order valence-electron chi connectivity index (χ3n) is 5.70. The summed E-state index contributed by atoms with van der Waals surface area (Å²) in [6, 6.07) is 19.8. The fourth-order valence-corrected chi connectivity index (χ4v) is 4.01. The molecule has 0 radical (unpaired) electrons. The highest BCUT2D eigenvalue weighted by Gasteiger charge is 2.37. The maximum Gasteiger partial charge on any atom is 0.335 e. The Labute approximate surface area is 222 Å². The second kappa shape index (κ2) is 11.3. The van der Waals surface area contributed by atoms with Crippen LogP contribution in [0.3, 0.4) is 0 Å². The lowest BCUT2D eigenvalue weighted by Crippen LogP contribution is -2.33. The first-order chi connectivity index (χ1) is 17.7. The molecule has 37 heavy (non-hydrogen) atoms. The Bertz CT molecular complexity index is 1390. The van der Waals surface area contributed by atoms with Crippen molar-refractivity contribution in [1.29, 1.82) is 0 Å². The molecule has 0 saturated carbocycles. The Balaban J connectivity index is 1.31. The molecule has 0 bridgehead atoms. The van der Waals surface area contributed by atoms with Crippen molar-refractivity contribution < 1.29 is 24.3 Å². The molecule has 188 valence electrons. The molecule has 0 atom stereocenters. The predicted molar refractivity (Wildman–Crippen MR) is 138 cm³/mol. The molecule has 1 heterocycles. The Morgan fingerprint density at radius 3 is 1.86 bits per heavy atom. The number of carboxylic acid groups (broad SMARTS) is 1. The predicted octanol–water partition coefficient (Wildman–Crippen LogP) is 4.08. The molecule has 0 saturated heterocycles. The van der Waals surface area contributed by atoms with Crippen LogP contribution in [0.2, 0.25) is 5.02 Å². The van der Waals surface area contributed by atoms with Crippen molar-refractivity contribution in [1.82, 2.24) is 15.5 Å². The molecule has 8 nitrogen and oxygen atoms in total. The van der Waals surface area contributed by atoms with E-state index in [4.69, 9.17) is 28.3 Å². The zero-order chi connectivity index (χ0) is 26.5. The van der Waals surface area contributed by atoms with Crippen LogP contribution >= 0.6 is 23.2 Å². The first-order valence-electron chi connectivity index (χ1n) is 11.2. The Morgan fingerprint density at radius 1 is 0.730 bits per heavy atom. The highest BCUT2D eigenvalue weighted by Crippen LogP contribution is 2.25. The number of hydrogen-bond donors (Lipinski definition) is 3. The molecular formula is C27H21Cl2N3O5. The van der Waals surface area contributed by atoms with Crippen LogP contribution in [-0.4, -0.2) is 33.7 Å². The average molecular weight is 538 g/mol. The second-order valence-corrected chi connectivity index (χ2v) is 9.06. The van der Waals surface area contributed by atoms with Gasteiger partial charge in [-0.15, -0.1) is 0 Å². The van der Waals surface area contributed by atoms with Gasteiger partial charge in [0.2, 0.25) is 0 Å². The van der Waals surface area contributed by atoms with Gasteiger partial charge in [-0.3, -0.25) is 19.3 Å².